The minimum absolute atomic E-state index is 0.129. The number of halogens is 1. The highest BCUT2D eigenvalue weighted by Gasteiger charge is 2.27. The highest BCUT2D eigenvalue weighted by molar-refractivity contribution is 9.10. The number of fused-ring (bicyclic) bond motifs is 1. The van der Waals surface area contributed by atoms with E-state index in [4.69, 9.17) is 4.74 Å². The number of aryl methyl sites for hydroxylation is 2. The van der Waals surface area contributed by atoms with E-state index in [0.29, 0.717) is 30.1 Å². The Kier molecular flexibility index (Phi) is 5.90. The predicted molar refractivity (Wildman–Crippen MR) is 100 cm³/mol. The molecule has 6 nitrogen and oxygen atoms in total. The van der Waals surface area contributed by atoms with Crippen LogP contribution in [0.25, 0.3) is 0 Å². The van der Waals surface area contributed by atoms with Gasteiger partial charge >= 0.3 is 5.97 Å². The van der Waals surface area contributed by atoms with Gasteiger partial charge in [-0.05, 0) is 54.1 Å². The fraction of sp³-hybridized carbons (Fsp3) is 0.471. The molecule has 0 radical (unpaired) electrons. The number of ether oxygens (including phenoxy) is 1. The van der Waals surface area contributed by atoms with Crippen molar-refractivity contribution < 1.29 is 14.3 Å². The molecule has 2 heterocycles. The van der Waals surface area contributed by atoms with Gasteiger partial charge in [0.15, 0.2) is 0 Å². The van der Waals surface area contributed by atoms with Crippen LogP contribution in [0, 0.1) is 0 Å². The summed E-state index contributed by atoms with van der Waals surface area (Å²) < 4.78 is 7.79. The number of thiophene rings is 1. The van der Waals surface area contributed by atoms with Gasteiger partial charge in [-0.15, -0.1) is 11.3 Å². The maximum Gasteiger partial charge on any atom is 0.341 e. The van der Waals surface area contributed by atoms with Crippen LogP contribution in [0.15, 0.2) is 16.9 Å². The van der Waals surface area contributed by atoms with Crippen molar-refractivity contribution in [3.63, 3.8) is 0 Å². The molecule has 3 rings (SSSR count). The van der Waals surface area contributed by atoms with Gasteiger partial charge in [-0.2, -0.15) is 5.10 Å². The molecule has 0 saturated carbocycles. The van der Waals surface area contributed by atoms with Crippen LogP contribution >= 0.6 is 27.3 Å². The van der Waals surface area contributed by atoms with E-state index in [0.717, 1.165) is 35.7 Å². The van der Waals surface area contributed by atoms with E-state index in [2.05, 4.69) is 26.3 Å². The van der Waals surface area contributed by atoms with Crippen molar-refractivity contribution in [2.45, 2.75) is 45.6 Å². The number of anilines is 1. The third-order valence-corrected chi connectivity index (χ3v) is 5.69. The van der Waals surface area contributed by atoms with Crippen molar-refractivity contribution >= 4 is 44.1 Å². The summed E-state index contributed by atoms with van der Waals surface area (Å²) in [5.74, 6) is -0.469. The van der Waals surface area contributed by atoms with Gasteiger partial charge in [0.2, 0.25) is 5.91 Å². The Morgan fingerprint density at radius 3 is 2.92 bits per heavy atom. The average Bonchev–Trinajstić information content (AvgIpc) is 3.16. The number of carbonyl (C=O) groups is 2. The summed E-state index contributed by atoms with van der Waals surface area (Å²) >= 11 is 4.84. The second kappa shape index (κ2) is 8.14. The molecule has 0 atom stereocenters. The van der Waals surface area contributed by atoms with Crippen LogP contribution in [0.1, 0.15) is 47.0 Å². The van der Waals surface area contributed by atoms with Crippen LogP contribution < -0.4 is 5.32 Å². The SMILES string of the molecule is CCOC(=O)c1c(NC(=O)CCn2cc(Br)cn2)sc2c1CCCC2. The van der Waals surface area contributed by atoms with Crippen molar-refractivity contribution in [2.75, 3.05) is 11.9 Å². The molecule has 1 aliphatic carbocycles. The molecule has 0 saturated heterocycles. The summed E-state index contributed by atoms with van der Waals surface area (Å²) in [7, 11) is 0. The molecule has 2 aromatic rings. The third kappa shape index (κ3) is 4.30. The molecular formula is C17H20BrN3O3S. The second-order valence-electron chi connectivity index (χ2n) is 5.86. The first kappa shape index (κ1) is 18.1. The van der Waals surface area contributed by atoms with E-state index in [1.54, 1.807) is 17.8 Å². The summed E-state index contributed by atoms with van der Waals surface area (Å²) in [4.78, 5) is 25.9. The minimum Gasteiger partial charge on any atom is -0.462 e. The minimum atomic E-state index is -0.340. The number of hydrogen-bond donors (Lipinski definition) is 1. The molecule has 0 unspecified atom stereocenters. The first-order chi connectivity index (χ1) is 12.1. The van der Waals surface area contributed by atoms with Crippen LogP contribution in [-0.2, 0) is 28.9 Å². The molecular weight excluding hydrogens is 406 g/mol. The first-order valence-electron chi connectivity index (χ1n) is 8.38. The topological polar surface area (TPSA) is 73.2 Å². The summed E-state index contributed by atoms with van der Waals surface area (Å²) in [6.45, 7) is 2.60. The molecule has 1 N–H and O–H groups in total. The van der Waals surface area contributed by atoms with Gasteiger partial charge in [0.05, 0.1) is 22.8 Å². The fourth-order valence-corrected chi connectivity index (χ4v) is 4.56. The molecule has 1 amide bonds. The zero-order chi connectivity index (χ0) is 17.8. The zero-order valence-electron chi connectivity index (χ0n) is 14.0. The smallest absolute Gasteiger partial charge is 0.341 e. The van der Waals surface area contributed by atoms with Gasteiger partial charge in [-0.1, -0.05) is 0 Å². The Labute approximate surface area is 158 Å². The molecule has 8 heteroatoms. The van der Waals surface area contributed by atoms with Crippen LogP contribution in [0.2, 0.25) is 0 Å². The van der Waals surface area contributed by atoms with Gasteiger partial charge in [0.25, 0.3) is 0 Å². The lowest BCUT2D eigenvalue weighted by Gasteiger charge is -2.12. The second-order valence-corrected chi connectivity index (χ2v) is 7.88. The zero-order valence-corrected chi connectivity index (χ0v) is 16.4. The normalized spacial score (nSPS) is 13.4. The van der Waals surface area contributed by atoms with Gasteiger partial charge in [0, 0.05) is 24.0 Å². The Balaban J connectivity index is 1.73. The largest absolute Gasteiger partial charge is 0.462 e. The Hall–Kier alpha value is -1.67. The number of aromatic nitrogens is 2. The summed E-state index contributed by atoms with van der Waals surface area (Å²) in [5, 5.41) is 7.67. The maximum atomic E-state index is 12.4. The molecule has 25 heavy (non-hydrogen) atoms. The molecule has 134 valence electrons. The van der Waals surface area contributed by atoms with Crippen LogP contribution in [0.5, 0.6) is 0 Å². The molecule has 0 spiro atoms. The van der Waals surface area contributed by atoms with E-state index in [1.165, 1.54) is 16.2 Å². The number of nitrogens with zero attached hydrogens (tertiary/aromatic N) is 2. The number of hydrogen-bond acceptors (Lipinski definition) is 5. The van der Waals surface area contributed by atoms with Crippen LogP contribution in [0.3, 0.4) is 0 Å². The lowest BCUT2D eigenvalue weighted by molar-refractivity contribution is -0.116. The third-order valence-electron chi connectivity index (χ3n) is 4.07. The van der Waals surface area contributed by atoms with Gasteiger partial charge < -0.3 is 10.1 Å². The van der Waals surface area contributed by atoms with E-state index < -0.39 is 0 Å². The summed E-state index contributed by atoms with van der Waals surface area (Å²) in [6, 6.07) is 0. The molecule has 0 bridgehead atoms. The monoisotopic (exact) mass is 425 g/mol. The van der Waals surface area contributed by atoms with Gasteiger partial charge in [-0.25, -0.2) is 4.79 Å². The Morgan fingerprint density at radius 1 is 1.40 bits per heavy atom. The molecule has 0 aromatic carbocycles. The van der Waals surface area contributed by atoms with E-state index in [1.807, 2.05) is 6.20 Å². The van der Waals surface area contributed by atoms with Crippen molar-refractivity contribution in [2.24, 2.45) is 0 Å². The van der Waals surface area contributed by atoms with Crippen LogP contribution in [-0.4, -0.2) is 28.3 Å². The highest BCUT2D eigenvalue weighted by atomic mass is 79.9. The Bertz CT molecular complexity index is 784. The van der Waals surface area contributed by atoms with E-state index in [9.17, 15) is 9.59 Å². The molecule has 2 aromatic heterocycles. The Morgan fingerprint density at radius 2 is 2.20 bits per heavy atom. The lowest BCUT2D eigenvalue weighted by atomic mass is 9.95. The van der Waals surface area contributed by atoms with Crippen LogP contribution in [0.4, 0.5) is 5.00 Å². The predicted octanol–water partition coefficient (Wildman–Crippen LogP) is 3.79. The number of nitrogens with one attached hydrogen (secondary N) is 1. The number of esters is 1. The van der Waals surface area contributed by atoms with E-state index >= 15 is 0 Å². The molecule has 0 aliphatic heterocycles. The number of carbonyl (C=O) groups excluding carboxylic acids is 2. The lowest BCUT2D eigenvalue weighted by Crippen LogP contribution is -2.17. The number of amides is 1. The molecule has 0 fully saturated rings. The quantitative estimate of drug-likeness (QED) is 0.714. The highest BCUT2D eigenvalue weighted by Crippen LogP contribution is 2.38. The standard InChI is InChI=1S/C17H20BrN3O3S/c1-2-24-17(23)15-12-5-3-4-6-13(12)25-16(15)20-14(22)7-8-21-10-11(18)9-19-21/h9-10H,2-8H2,1H3,(H,20,22). The van der Waals surface area contributed by atoms with Crippen molar-refractivity contribution in [1.29, 1.82) is 0 Å². The maximum absolute atomic E-state index is 12.4. The number of rotatable bonds is 6. The van der Waals surface area contributed by atoms with Crippen molar-refractivity contribution in [3.05, 3.63) is 32.9 Å². The summed E-state index contributed by atoms with van der Waals surface area (Å²) in [5.41, 5.74) is 1.61. The van der Waals surface area contributed by atoms with Gasteiger partial charge in [0.1, 0.15) is 5.00 Å². The first-order valence-corrected chi connectivity index (χ1v) is 9.99. The fourth-order valence-electron chi connectivity index (χ4n) is 2.94. The van der Waals surface area contributed by atoms with Crippen molar-refractivity contribution in [3.8, 4) is 0 Å². The summed E-state index contributed by atoms with van der Waals surface area (Å²) in [6.07, 6.45) is 7.82. The van der Waals surface area contributed by atoms with Crippen molar-refractivity contribution in [1.82, 2.24) is 9.78 Å². The van der Waals surface area contributed by atoms with E-state index in [-0.39, 0.29) is 11.9 Å². The average molecular weight is 426 g/mol. The molecule has 1 aliphatic rings. The van der Waals surface area contributed by atoms with Gasteiger partial charge in [-0.3, -0.25) is 9.48 Å².